The first kappa shape index (κ1) is 17.2. The highest BCUT2D eigenvalue weighted by molar-refractivity contribution is 5.94. The molecular weight excluding hydrogens is 300 g/mol. The van der Waals surface area contributed by atoms with Crippen molar-refractivity contribution in [3.05, 3.63) is 35.4 Å². The van der Waals surface area contributed by atoms with Crippen molar-refractivity contribution in [2.75, 3.05) is 27.2 Å². The smallest absolute Gasteiger partial charge is 0.409 e. The molecule has 0 spiro atoms. The fourth-order valence-electron chi connectivity index (χ4n) is 2.73. The summed E-state index contributed by atoms with van der Waals surface area (Å²) in [5, 5.41) is 18.1. The molecule has 0 unspecified atom stereocenters. The molecule has 0 aromatic heterocycles. The molecule has 1 heterocycles. The number of aliphatic hydroxyl groups is 2. The zero-order valence-corrected chi connectivity index (χ0v) is 13.3. The van der Waals surface area contributed by atoms with E-state index in [4.69, 9.17) is 14.9 Å². The average Bonchev–Trinajstić information content (AvgIpc) is 2.60. The minimum atomic E-state index is -1.54. The molecule has 2 N–H and O–H groups in total. The Labute approximate surface area is 135 Å². The Kier molecular flexibility index (Phi) is 5.57. The summed E-state index contributed by atoms with van der Waals surface area (Å²) in [6.07, 6.45) is -0.481. The van der Waals surface area contributed by atoms with E-state index in [1.54, 1.807) is 29.0 Å². The summed E-state index contributed by atoms with van der Waals surface area (Å²) in [4.78, 5) is 27.3. The zero-order valence-electron chi connectivity index (χ0n) is 13.3. The third kappa shape index (κ3) is 4.00. The van der Waals surface area contributed by atoms with Crippen LogP contribution in [-0.2, 0) is 4.74 Å². The number of methoxy groups -OCH3 is 1. The second-order valence-corrected chi connectivity index (χ2v) is 5.60. The summed E-state index contributed by atoms with van der Waals surface area (Å²) >= 11 is 0. The van der Waals surface area contributed by atoms with Gasteiger partial charge in [-0.2, -0.15) is 0 Å². The van der Waals surface area contributed by atoms with Gasteiger partial charge in [-0.15, -0.1) is 0 Å². The maximum atomic E-state index is 12.5. The summed E-state index contributed by atoms with van der Waals surface area (Å²) < 4.78 is 4.70. The fraction of sp³-hybridized carbons (Fsp3) is 0.500. The lowest BCUT2D eigenvalue weighted by Gasteiger charge is -2.36. The molecule has 23 heavy (non-hydrogen) atoms. The number of hydrogen-bond donors (Lipinski definition) is 2. The van der Waals surface area contributed by atoms with E-state index in [2.05, 4.69) is 0 Å². The molecule has 7 heteroatoms. The molecule has 1 aromatic carbocycles. The number of piperidine rings is 1. The molecule has 0 atom stereocenters. The van der Waals surface area contributed by atoms with Gasteiger partial charge in [-0.3, -0.25) is 4.79 Å². The number of amides is 2. The lowest BCUT2D eigenvalue weighted by molar-refractivity contribution is -0.0425. The highest BCUT2D eigenvalue weighted by atomic mass is 16.5. The van der Waals surface area contributed by atoms with Crippen molar-refractivity contribution in [2.24, 2.45) is 0 Å². The Bertz CT molecular complexity index is 550. The molecule has 1 aliphatic rings. The van der Waals surface area contributed by atoms with Gasteiger partial charge in [0.1, 0.15) is 0 Å². The number of ether oxygens (including phenoxy) is 1. The number of aliphatic hydroxyl groups excluding tert-OH is 1. The zero-order chi connectivity index (χ0) is 17.0. The minimum Gasteiger partial charge on any atom is -0.453 e. The normalized spacial score (nSPS) is 15.6. The first-order chi connectivity index (χ1) is 10.9. The predicted molar refractivity (Wildman–Crippen MR) is 82.7 cm³/mol. The maximum Gasteiger partial charge on any atom is 0.409 e. The topological polar surface area (TPSA) is 90.3 Å². The fourth-order valence-corrected chi connectivity index (χ4v) is 2.73. The van der Waals surface area contributed by atoms with E-state index >= 15 is 0 Å². The van der Waals surface area contributed by atoms with Gasteiger partial charge in [-0.1, -0.05) is 12.1 Å². The standard InChI is InChI=1S/C16H22N2O5/c1-17(13-7-9-18(10-8-13)16(22)23-2)14(19)11-3-5-12(6-4-11)15(20)21/h3-6,13,15,20-21H,7-10H2,1-2H3. The van der Waals surface area contributed by atoms with Crippen molar-refractivity contribution in [3.63, 3.8) is 0 Å². The summed E-state index contributed by atoms with van der Waals surface area (Å²) in [6.45, 7) is 1.12. The molecule has 0 bridgehead atoms. The molecule has 2 rings (SSSR count). The van der Waals surface area contributed by atoms with Crippen molar-refractivity contribution in [2.45, 2.75) is 25.2 Å². The molecule has 1 fully saturated rings. The maximum absolute atomic E-state index is 12.5. The second kappa shape index (κ2) is 7.43. The van der Waals surface area contributed by atoms with Gasteiger partial charge in [0.05, 0.1) is 7.11 Å². The molecule has 0 saturated carbocycles. The van der Waals surface area contributed by atoms with Crippen molar-refractivity contribution in [1.29, 1.82) is 0 Å². The van der Waals surface area contributed by atoms with E-state index in [0.29, 0.717) is 37.1 Å². The van der Waals surface area contributed by atoms with Crippen LogP contribution in [0.15, 0.2) is 24.3 Å². The first-order valence-electron chi connectivity index (χ1n) is 7.50. The van der Waals surface area contributed by atoms with Gasteiger partial charge in [-0.25, -0.2) is 4.79 Å². The van der Waals surface area contributed by atoms with Crippen LogP contribution >= 0.6 is 0 Å². The highest BCUT2D eigenvalue weighted by Crippen LogP contribution is 2.19. The van der Waals surface area contributed by atoms with Crippen molar-refractivity contribution >= 4 is 12.0 Å². The van der Waals surface area contributed by atoms with Crippen molar-refractivity contribution in [1.82, 2.24) is 9.80 Å². The van der Waals surface area contributed by atoms with Crippen LogP contribution in [0.2, 0.25) is 0 Å². The number of nitrogens with zero attached hydrogens (tertiary/aromatic N) is 2. The Morgan fingerprint density at radius 2 is 1.78 bits per heavy atom. The van der Waals surface area contributed by atoms with Gasteiger partial charge in [0, 0.05) is 37.3 Å². The molecule has 1 saturated heterocycles. The third-order valence-corrected chi connectivity index (χ3v) is 4.22. The van der Waals surface area contributed by atoms with Gasteiger partial charge in [0.15, 0.2) is 6.29 Å². The summed E-state index contributed by atoms with van der Waals surface area (Å²) in [7, 11) is 3.10. The Morgan fingerprint density at radius 1 is 1.22 bits per heavy atom. The Morgan fingerprint density at radius 3 is 2.26 bits per heavy atom. The van der Waals surface area contributed by atoms with Crippen molar-refractivity contribution in [3.8, 4) is 0 Å². The monoisotopic (exact) mass is 322 g/mol. The molecule has 0 aliphatic carbocycles. The highest BCUT2D eigenvalue weighted by Gasteiger charge is 2.28. The molecule has 7 nitrogen and oxygen atoms in total. The number of rotatable bonds is 3. The quantitative estimate of drug-likeness (QED) is 0.809. The van der Waals surface area contributed by atoms with Crippen LogP contribution in [0.4, 0.5) is 4.79 Å². The lowest BCUT2D eigenvalue weighted by atomic mass is 10.0. The predicted octanol–water partition coefficient (Wildman–Crippen LogP) is 0.973. The van der Waals surface area contributed by atoms with Gasteiger partial charge in [0.2, 0.25) is 0 Å². The Hall–Kier alpha value is -2.12. The number of carbonyl (C=O) groups excluding carboxylic acids is 2. The Balaban J connectivity index is 1.96. The average molecular weight is 322 g/mol. The molecular formula is C16H22N2O5. The molecule has 1 aromatic rings. The van der Waals surface area contributed by atoms with Crippen LogP contribution in [0, 0.1) is 0 Å². The van der Waals surface area contributed by atoms with Crippen LogP contribution in [0.25, 0.3) is 0 Å². The summed E-state index contributed by atoms with van der Waals surface area (Å²) in [6, 6.07) is 6.26. The van der Waals surface area contributed by atoms with Gasteiger partial charge >= 0.3 is 6.09 Å². The van der Waals surface area contributed by atoms with Gasteiger partial charge in [-0.05, 0) is 25.0 Å². The summed E-state index contributed by atoms with van der Waals surface area (Å²) in [5.74, 6) is -0.125. The van der Waals surface area contributed by atoms with Gasteiger partial charge in [0.25, 0.3) is 5.91 Å². The number of carbonyl (C=O) groups is 2. The molecule has 0 radical (unpaired) electrons. The lowest BCUT2D eigenvalue weighted by Crippen LogP contribution is -2.47. The van der Waals surface area contributed by atoms with Crippen molar-refractivity contribution < 1.29 is 24.5 Å². The van der Waals surface area contributed by atoms with E-state index < -0.39 is 6.29 Å². The number of hydrogen-bond acceptors (Lipinski definition) is 5. The molecule has 126 valence electrons. The third-order valence-electron chi connectivity index (χ3n) is 4.22. The molecule has 2 amide bonds. The minimum absolute atomic E-state index is 0.0616. The van der Waals surface area contributed by atoms with E-state index in [9.17, 15) is 9.59 Å². The summed E-state index contributed by atoms with van der Waals surface area (Å²) in [5.41, 5.74) is 0.836. The number of likely N-dealkylation sites (tertiary alicyclic amines) is 1. The largest absolute Gasteiger partial charge is 0.453 e. The van der Waals surface area contributed by atoms with E-state index in [1.165, 1.54) is 19.2 Å². The van der Waals surface area contributed by atoms with Crippen LogP contribution in [0.3, 0.4) is 0 Å². The van der Waals surface area contributed by atoms with E-state index in [1.807, 2.05) is 0 Å². The van der Waals surface area contributed by atoms with Crippen LogP contribution in [-0.4, -0.2) is 65.3 Å². The second-order valence-electron chi connectivity index (χ2n) is 5.60. The van der Waals surface area contributed by atoms with Gasteiger partial charge < -0.3 is 24.7 Å². The van der Waals surface area contributed by atoms with Crippen LogP contribution < -0.4 is 0 Å². The number of benzene rings is 1. The van der Waals surface area contributed by atoms with E-state index in [-0.39, 0.29) is 18.0 Å². The first-order valence-corrected chi connectivity index (χ1v) is 7.50. The SMILES string of the molecule is COC(=O)N1CCC(N(C)C(=O)c2ccc(C(O)O)cc2)CC1. The van der Waals surface area contributed by atoms with Crippen LogP contribution in [0.1, 0.15) is 35.1 Å². The molecule has 1 aliphatic heterocycles. The van der Waals surface area contributed by atoms with E-state index in [0.717, 1.165) is 0 Å². The van der Waals surface area contributed by atoms with Crippen LogP contribution in [0.5, 0.6) is 0 Å².